The van der Waals surface area contributed by atoms with Gasteiger partial charge in [-0.2, -0.15) is 12.7 Å². The second kappa shape index (κ2) is 7.70. The minimum absolute atomic E-state index is 0.0915. The summed E-state index contributed by atoms with van der Waals surface area (Å²) >= 11 is 0. The number of rotatable bonds is 8. The lowest BCUT2D eigenvalue weighted by Crippen LogP contribution is -2.50. The third-order valence-corrected chi connectivity index (χ3v) is 5.26. The van der Waals surface area contributed by atoms with E-state index < -0.39 is 10.2 Å². The Bertz CT molecular complexity index is 373. The summed E-state index contributed by atoms with van der Waals surface area (Å²) < 4.78 is 33.9. The third-order valence-electron chi connectivity index (χ3n) is 3.78. The van der Waals surface area contributed by atoms with Crippen LogP contribution in [0.5, 0.6) is 0 Å². The van der Waals surface area contributed by atoms with Gasteiger partial charge in [0.25, 0.3) is 10.2 Å². The van der Waals surface area contributed by atoms with Crippen LogP contribution in [0.4, 0.5) is 0 Å². The van der Waals surface area contributed by atoms with Gasteiger partial charge >= 0.3 is 0 Å². The fourth-order valence-electron chi connectivity index (χ4n) is 2.60. The molecule has 0 radical (unpaired) electrons. The van der Waals surface area contributed by atoms with Crippen LogP contribution in [0, 0.1) is 11.3 Å². The van der Waals surface area contributed by atoms with E-state index in [-0.39, 0.29) is 5.41 Å². The number of nitrogens with one attached hydrogen (secondary N) is 2. The van der Waals surface area contributed by atoms with Gasteiger partial charge in [0.2, 0.25) is 0 Å². The molecule has 0 bridgehead atoms. The quantitative estimate of drug-likeness (QED) is 0.682. The van der Waals surface area contributed by atoms with Gasteiger partial charge in [-0.3, -0.25) is 0 Å². The van der Waals surface area contributed by atoms with Crippen molar-refractivity contribution in [3.05, 3.63) is 0 Å². The van der Waals surface area contributed by atoms with Gasteiger partial charge in [-0.25, -0.2) is 4.72 Å². The van der Waals surface area contributed by atoms with Gasteiger partial charge in [0.15, 0.2) is 0 Å². The van der Waals surface area contributed by atoms with E-state index >= 15 is 0 Å². The van der Waals surface area contributed by atoms with Crippen LogP contribution in [0.1, 0.15) is 26.7 Å². The summed E-state index contributed by atoms with van der Waals surface area (Å²) in [4.78, 5) is 0. The first-order valence-corrected chi connectivity index (χ1v) is 8.66. The Labute approximate surface area is 123 Å². The highest BCUT2D eigenvalue weighted by Gasteiger charge is 2.34. The number of hydrogen-bond donors (Lipinski definition) is 2. The maximum atomic E-state index is 12.2. The summed E-state index contributed by atoms with van der Waals surface area (Å²) in [6, 6.07) is 0. The van der Waals surface area contributed by atoms with Crippen molar-refractivity contribution in [3.63, 3.8) is 0 Å². The summed E-state index contributed by atoms with van der Waals surface area (Å²) in [7, 11) is -0.115. The lowest BCUT2D eigenvalue weighted by atomic mass is 9.80. The van der Waals surface area contributed by atoms with Gasteiger partial charge in [-0.05, 0) is 31.8 Å². The van der Waals surface area contributed by atoms with Crippen molar-refractivity contribution in [1.82, 2.24) is 14.3 Å². The third kappa shape index (κ3) is 5.29. The van der Waals surface area contributed by atoms with Crippen molar-refractivity contribution >= 4 is 10.2 Å². The van der Waals surface area contributed by atoms with Crippen molar-refractivity contribution in [2.75, 3.05) is 46.9 Å². The maximum absolute atomic E-state index is 12.2. The Morgan fingerprint density at radius 3 is 2.45 bits per heavy atom. The van der Waals surface area contributed by atoms with Crippen molar-refractivity contribution < 1.29 is 13.2 Å². The van der Waals surface area contributed by atoms with E-state index in [4.69, 9.17) is 4.74 Å². The molecule has 2 N–H and O–H groups in total. The first-order valence-electron chi connectivity index (χ1n) is 7.22. The summed E-state index contributed by atoms with van der Waals surface area (Å²) in [6.45, 7) is 7.38. The molecule has 0 aromatic rings. The van der Waals surface area contributed by atoms with Crippen LogP contribution in [-0.4, -0.2) is 59.7 Å². The number of piperidine rings is 1. The minimum Gasteiger partial charge on any atom is -0.384 e. The lowest BCUT2D eigenvalue weighted by Gasteiger charge is -2.37. The van der Waals surface area contributed by atoms with E-state index in [1.807, 2.05) is 13.8 Å². The van der Waals surface area contributed by atoms with Crippen LogP contribution in [0.15, 0.2) is 0 Å². The van der Waals surface area contributed by atoms with Gasteiger partial charge < -0.3 is 10.1 Å². The molecule has 1 aliphatic heterocycles. The molecule has 0 aromatic heterocycles. The van der Waals surface area contributed by atoms with Crippen LogP contribution >= 0.6 is 0 Å². The average Bonchev–Trinajstić information content (AvgIpc) is 2.37. The molecule has 1 fully saturated rings. The molecule has 0 spiro atoms. The normalized spacial score (nSPS) is 19.7. The smallest absolute Gasteiger partial charge is 0.279 e. The van der Waals surface area contributed by atoms with Crippen molar-refractivity contribution in [1.29, 1.82) is 0 Å². The molecule has 0 unspecified atom stereocenters. The van der Waals surface area contributed by atoms with Gasteiger partial charge in [0, 0.05) is 32.7 Å². The van der Waals surface area contributed by atoms with E-state index in [2.05, 4.69) is 10.0 Å². The van der Waals surface area contributed by atoms with Gasteiger partial charge in [-0.1, -0.05) is 13.8 Å². The highest BCUT2D eigenvalue weighted by molar-refractivity contribution is 7.87. The number of nitrogens with zero attached hydrogens (tertiary/aromatic N) is 1. The molecule has 1 heterocycles. The Morgan fingerprint density at radius 1 is 1.35 bits per heavy atom. The first-order chi connectivity index (χ1) is 9.31. The molecule has 0 amide bonds. The van der Waals surface area contributed by atoms with Gasteiger partial charge in [-0.15, -0.1) is 0 Å². The van der Waals surface area contributed by atoms with E-state index in [1.54, 1.807) is 14.2 Å². The summed E-state index contributed by atoms with van der Waals surface area (Å²) in [6.07, 6.45) is 1.86. The molecular formula is C13H29N3O3S. The lowest BCUT2D eigenvalue weighted by molar-refractivity contribution is 0.0574. The molecule has 0 saturated carbocycles. The highest BCUT2D eigenvalue weighted by Crippen LogP contribution is 2.28. The molecule has 120 valence electrons. The molecular weight excluding hydrogens is 278 g/mol. The van der Waals surface area contributed by atoms with Crippen LogP contribution in [0.25, 0.3) is 0 Å². The van der Waals surface area contributed by atoms with Crippen molar-refractivity contribution in [2.24, 2.45) is 11.3 Å². The van der Waals surface area contributed by atoms with Crippen LogP contribution < -0.4 is 10.0 Å². The largest absolute Gasteiger partial charge is 0.384 e. The van der Waals surface area contributed by atoms with Crippen LogP contribution in [0.3, 0.4) is 0 Å². The van der Waals surface area contributed by atoms with E-state index in [1.165, 1.54) is 4.31 Å². The van der Waals surface area contributed by atoms with Gasteiger partial charge in [0.05, 0.1) is 6.61 Å². The zero-order valence-electron chi connectivity index (χ0n) is 13.1. The molecule has 1 rings (SSSR count). The molecule has 0 aromatic carbocycles. The fraction of sp³-hybridized carbons (Fsp3) is 1.00. The number of ether oxygens (including phenoxy) is 1. The molecule has 0 atom stereocenters. The summed E-state index contributed by atoms with van der Waals surface area (Å²) in [5.41, 5.74) is -0.0915. The molecule has 6 nitrogen and oxygen atoms in total. The van der Waals surface area contributed by atoms with Crippen LogP contribution in [-0.2, 0) is 14.9 Å². The van der Waals surface area contributed by atoms with E-state index in [0.29, 0.717) is 25.6 Å². The average molecular weight is 307 g/mol. The Morgan fingerprint density at radius 2 is 1.95 bits per heavy atom. The number of methoxy groups -OCH3 is 1. The monoisotopic (exact) mass is 307 g/mol. The molecule has 20 heavy (non-hydrogen) atoms. The second-order valence-electron chi connectivity index (χ2n) is 6.18. The second-order valence-corrected chi connectivity index (χ2v) is 8.05. The number of hydrogen-bond acceptors (Lipinski definition) is 4. The minimum atomic E-state index is -3.40. The molecule has 7 heteroatoms. The SMILES string of the molecule is COCC1(CNS(=O)(=O)N(C)CC(C)C)CCNCC1. The Kier molecular flexibility index (Phi) is 6.87. The fourth-order valence-corrected chi connectivity index (χ4v) is 3.81. The Hall–Kier alpha value is -0.210. The molecule has 1 saturated heterocycles. The maximum Gasteiger partial charge on any atom is 0.279 e. The molecule has 0 aliphatic carbocycles. The van der Waals surface area contributed by atoms with Crippen molar-refractivity contribution in [3.8, 4) is 0 Å². The zero-order valence-corrected chi connectivity index (χ0v) is 13.9. The highest BCUT2D eigenvalue weighted by atomic mass is 32.2. The Balaban J connectivity index is 2.62. The van der Waals surface area contributed by atoms with E-state index in [9.17, 15) is 8.42 Å². The summed E-state index contributed by atoms with van der Waals surface area (Å²) in [5.74, 6) is 0.309. The topological polar surface area (TPSA) is 70.7 Å². The first kappa shape index (κ1) is 17.8. The van der Waals surface area contributed by atoms with Crippen LogP contribution in [0.2, 0.25) is 0 Å². The standard InChI is InChI=1S/C13H29N3O3S/c1-12(2)9-16(3)20(17,18)15-10-13(11-19-4)5-7-14-8-6-13/h12,14-15H,5-11H2,1-4H3. The predicted molar refractivity (Wildman–Crippen MR) is 80.8 cm³/mol. The predicted octanol–water partition coefficient (Wildman–Crippen LogP) is 0.425. The molecule has 1 aliphatic rings. The summed E-state index contributed by atoms with van der Waals surface area (Å²) in [5, 5.41) is 3.30. The zero-order chi connectivity index (χ0) is 15.2. The van der Waals surface area contributed by atoms with E-state index in [0.717, 1.165) is 25.9 Å². The van der Waals surface area contributed by atoms with Crippen molar-refractivity contribution in [2.45, 2.75) is 26.7 Å². The van der Waals surface area contributed by atoms with Gasteiger partial charge in [0.1, 0.15) is 0 Å².